The number of halogens is 1. The summed E-state index contributed by atoms with van der Waals surface area (Å²) in [6.45, 7) is 14.7. The second-order valence-electron chi connectivity index (χ2n) is 10.2. The van der Waals surface area contributed by atoms with Crippen LogP contribution in [-0.2, 0) is 17.7 Å². The molecule has 1 atom stereocenters. The second kappa shape index (κ2) is 22.0. The van der Waals surface area contributed by atoms with Gasteiger partial charge < -0.3 is 17.7 Å². The number of alkyl halides is 1. The lowest BCUT2D eigenvalue weighted by Crippen LogP contribution is -2.50. The summed E-state index contributed by atoms with van der Waals surface area (Å²) >= 11 is 3.51. The molecule has 0 N–H and O–H groups in total. The van der Waals surface area contributed by atoms with E-state index in [0.717, 1.165) is 44.2 Å². The molecule has 0 bridgehead atoms. The number of hydrogen-bond acceptors (Lipinski definition) is 4. The van der Waals surface area contributed by atoms with Crippen LogP contribution in [0.2, 0.25) is 26.2 Å². The fourth-order valence-corrected chi connectivity index (χ4v) is 11.0. The van der Waals surface area contributed by atoms with Crippen molar-refractivity contribution in [1.29, 1.82) is 0 Å². The highest BCUT2D eigenvalue weighted by atomic mass is 79.9. The Morgan fingerprint density at radius 1 is 0.606 bits per heavy atom. The molecule has 0 radical (unpaired) electrons. The fourth-order valence-electron chi connectivity index (χ4n) is 4.02. The highest BCUT2D eigenvalue weighted by Gasteiger charge is 2.38. The van der Waals surface area contributed by atoms with Gasteiger partial charge in [-0.25, -0.2) is 0 Å². The van der Waals surface area contributed by atoms with Crippen LogP contribution in [0.4, 0.5) is 0 Å². The van der Waals surface area contributed by atoms with Gasteiger partial charge in [0, 0.05) is 18.5 Å². The lowest BCUT2D eigenvalue weighted by Gasteiger charge is -2.35. The summed E-state index contributed by atoms with van der Waals surface area (Å²) in [7, 11) is -4.55. The van der Waals surface area contributed by atoms with Crippen LogP contribution in [0.3, 0.4) is 0 Å². The predicted octanol–water partition coefficient (Wildman–Crippen LogP) is 9.46. The molecule has 0 rings (SSSR count). The quantitative estimate of drug-likeness (QED) is 0.0475. The Balaban J connectivity index is 4.46. The van der Waals surface area contributed by atoms with Gasteiger partial charge in [-0.3, -0.25) is 0 Å². The molecular weight excluding hydrogens is 512 g/mol. The Hall–Kier alpha value is 0.754. The van der Waals surface area contributed by atoms with Crippen molar-refractivity contribution >= 4 is 33.1 Å². The molecule has 0 aromatic heterocycles. The molecule has 7 heteroatoms. The number of ether oxygens (including phenoxy) is 1. The highest BCUT2D eigenvalue weighted by Crippen LogP contribution is 2.22. The zero-order valence-electron chi connectivity index (χ0n) is 23.0. The minimum Gasteiger partial charge on any atom is -0.415 e. The Kier molecular flexibility index (Phi) is 22.5. The SMILES string of the molecule is CCCCCCCCO[Si](C)(C)O[Si](C)(C)OC(CCCCCCC)OCCCCCCBr. The molecule has 0 aromatic rings. The van der Waals surface area contributed by atoms with Gasteiger partial charge in [0.1, 0.15) is 6.29 Å². The maximum absolute atomic E-state index is 6.55. The zero-order chi connectivity index (χ0) is 24.8. The van der Waals surface area contributed by atoms with E-state index in [2.05, 4.69) is 56.0 Å². The molecule has 0 aliphatic carbocycles. The first kappa shape index (κ1) is 33.8. The summed E-state index contributed by atoms with van der Waals surface area (Å²) in [5.74, 6) is 0. The van der Waals surface area contributed by atoms with Crippen LogP contribution in [0, 0.1) is 0 Å². The lowest BCUT2D eigenvalue weighted by molar-refractivity contribution is -0.101. The van der Waals surface area contributed by atoms with Gasteiger partial charge in [0.25, 0.3) is 0 Å². The van der Waals surface area contributed by atoms with Gasteiger partial charge >= 0.3 is 17.1 Å². The molecular formula is C26H57BrO4Si2. The molecule has 0 saturated heterocycles. The fraction of sp³-hybridized carbons (Fsp3) is 1.00. The van der Waals surface area contributed by atoms with Gasteiger partial charge in [0.05, 0.1) is 0 Å². The number of hydrogen-bond donors (Lipinski definition) is 0. The molecule has 200 valence electrons. The van der Waals surface area contributed by atoms with Crippen LogP contribution in [0.5, 0.6) is 0 Å². The third kappa shape index (κ3) is 22.9. The number of unbranched alkanes of at least 4 members (excludes halogenated alkanes) is 12. The van der Waals surface area contributed by atoms with Crippen molar-refractivity contribution in [3.05, 3.63) is 0 Å². The molecule has 0 aliphatic rings. The number of rotatable bonds is 25. The van der Waals surface area contributed by atoms with E-state index in [1.54, 1.807) is 0 Å². The van der Waals surface area contributed by atoms with Crippen molar-refractivity contribution in [2.24, 2.45) is 0 Å². The monoisotopic (exact) mass is 568 g/mol. The van der Waals surface area contributed by atoms with Crippen molar-refractivity contribution in [1.82, 2.24) is 0 Å². The molecule has 0 spiro atoms. The third-order valence-corrected chi connectivity index (χ3v) is 12.0. The average molecular weight is 570 g/mol. The first-order valence-electron chi connectivity index (χ1n) is 14.0. The van der Waals surface area contributed by atoms with Crippen LogP contribution >= 0.6 is 15.9 Å². The molecule has 0 amide bonds. The molecule has 0 saturated carbocycles. The first-order valence-corrected chi connectivity index (χ1v) is 20.7. The maximum Gasteiger partial charge on any atom is 0.324 e. The van der Waals surface area contributed by atoms with Crippen molar-refractivity contribution in [2.45, 2.75) is 149 Å². The van der Waals surface area contributed by atoms with E-state index in [9.17, 15) is 0 Å². The minimum atomic E-state index is -2.34. The molecule has 0 aliphatic heterocycles. The molecule has 0 heterocycles. The third-order valence-electron chi connectivity index (χ3n) is 5.73. The van der Waals surface area contributed by atoms with Crippen molar-refractivity contribution < 1.29 is 17.7 Å². The Bertz CT molecular complexity index is 425. The normalized spacial score (nSPS) is 13.5. The van der Waals surface area contributed by atoms with E-state index in [-0.39, 0.29) is 6.29 Å². The van der Waals surface area contributed by atoms with E-state index >= 15 is 0 Å². The summed E-state index contributed by atoms with van der Waals surface area (Å²) < 4.78 is 25.5. The van der Waals surface area contributed by atoms with Crippen LogP contribution in [0.1, 0.15) is 117 Å². The van der Waals surface area contributed by atoms with Gasteiger partial charge in [0.15, 0.2) is 0 Å². The summed E-state index contributed by atoms with van der Waals surface area (Å²) in [6.07, 6.45) is 19.6. The standard InChI is InChI=1S/C26H57BrO4Si2/c1-7-9-11-13-16-21-25-29-32(3,4)31-33(5,6)30-26(22-18-14-12-10-8-2)28-24-20-17-15-19-23-27/h26H,7-25H2,1-6H3. The molecule has 1 unspecified atom stereocenters. The summed E-state index contributed by atoms with van der Waals surface area (Å²) in [5, 5.41) is 1.09. The summed E-state index contributed by atoms with van der Waals surface area (Å²) in [4.78, 5) is 0. The first-order chi connectivity index (χ1) is 15.8. The van der Waals surface area contributed by atoms with E-state index < -0.39 is 17.1 Å². The predicted molar refractivity (Wildman–Crippen MR) is 152 cm³/mol. The van der Waals surface area contributed by atoms with Crippen molar-refractivity contribution in [3.63, 3.8) is 0 Å². The molecule has 0 aromatic carbocycles. The summed E-state index contributed by atoms with van der Waals surface area (Å²) in [6, 6.07) is 0. The van der Waals surface area contributed by atoms with E-state index in [1.807, 2.05) is 0 Å². The molecule has 4 nitrogen and oxygen atoms in total. The van der Waals surface area contributed by atoms with Gasteiger partial charge in [0.2, 0.25) is 0 Å². The molecule has 0 fully saturated rings. The van der Waals surface area contributed by atoms with Gasteiger partial charge in [-0.1, -0.05) is 100 Å². The van der Waals surface area contributed by atoms with E-state index in [0.29, 0.717) is 0 Å². The smallest absolute Gasteiger partial charge is 0.324 e. The van der Waals surface area contributed by atoms with Gasteiger partial charge in [-0.05, 0) is 58.3 Å². The van der Waals surface area contributed by atoms with Crippen molar-refractivity contribution in [3.8, 4) is 0 Å². The van der Waals surface area contributed by atoms with Gasteiger partial charge in [-0.2, -0.15) is 0 Å². The Morgan fingerprint density at radius 3 is 1.73 bits per heavy atom. The summed E-state index contributed by atoms with van der Waals surface area (Å²) in [5.41, 5.74) is 0. The van der Waals surface area contributed by atoms with E-state index in [4.69, 9.17) is 17.7 Å². The minimum absolute atomic E-state index is 0.146. The molecule has 33 heavy (non-hydrogen) atoms. The van der Waals surface area contributed by atoms with Crippen LogP contribution in [0.25, 0.3) is 0 Å². The highest BCUT2D eigenvalue weighted by molar-refractivity contribution is 9.09. The largest absolute Gasteiger partial charge is 0.415 e. The van der Waals surface area contributed by atoms with Crippen LogP contribution in [0.15, 0.2) is 0 Å². The maximum atomic E-state index is 6.55. The van der Waals surface area contributed by atoms with Gasteiger partial charge in [-0.15, -0.1) is 0 Å². The van der Waals surface area contributed by atoms with Crippen LogP contribution < -0.4 is 0 Å². The Morgan fingerprint density at radius 2 is 1.12 bits per heavy atom. The second-order valence-corrected chi connectivity index (χ2v) is 18.0. The Labute approximate surface area is 217 Å². The lowest BCUT2D eigenvalue weighted by atomic mass is 10.1. The van der Waals surface area contributed by atoms with Crippen molar-refractivity contribution in [2.75, 3.05) is 18.5 Å². The van der Waals surface area contributed by atoms with Crippen LogP contribution in [-0.4, -0.2) is 42.0 Å². The zero-order valence-corrected chi connectivity index (χ0v) is 26.6. The average Bonchev–Trinajstić information content (AvgIpc) is 2.74. The van der Waals surface area contributed by atoms with E-state index in [1.165, 1.54) is 77.0 Å². The topological polar surface area (TPSA) is 36.9 Å².